The van der Waals surface area contributed by atoms with Crippen LogP contribution in [0.15, 0.2) is 24.5 Å². The van der Waals surface area contributed by atoms with Gasteiger partial charge in [-0.25, -0.2) is 9.97 Å². The van der Waals surface area contributed by atoms with Crippen LogP contribution >= 0.6 is 0 Å². The molecule has 4 N–H and O–H groups in total. The lowest BCUT2D eigenvalue weighted by atomic mass is 9.91. The second-order valence-corrected chi connectivity index (χ2v) is 12.1. The van der Waals surface area contributed by atoms with Crippen LogP contribution in [0.2, 0.25) is 0 Å². The number of hydrogen-bond donors (Lipinski definition) is 3. The van der Waals surface area contributed by atoms with Crippen LogP contribution in [-0.4, -0.2) is 58.4 Å². The van der Waals surface area contributed by atoms with E-state index in [-0.39, 0.29) is 30.9 Å². The number of nitrogen functional groups attached to an aromatic ring is 1. The number of hydrogen-bond acceptors (Lipinski definition) is 6. The monoisotopic (exact) mass is 550 g/mol. The number of likely N-dealkylation sites (tertiary alicyclic amines) is 1. The molecular formula is C32H50N6O2. The van der Waals surface area contributed by atoms with Crippen molar-refractivity contribution in [3.05, 3.63) is 30.1 Å². The molecule has 1 atom stereocenters. The lowest BCUT2D eigenvalue weighted by Gasteiger charge is -2.36. The molecule has 2 heterocycles. The summed E-state index contributed by atoms with van der Waals surface area (Å²) in [7, 11) is 0. The minimum Gasteiger partial charge on any atom is -0.383 e. The molecule has 40 heavy (non-hydrogen) atoms. The number of anilines is 1. The van der Waals surface area contributed by atoms with Gasteiger partial charge in [-0.15, -0.1) is 0 Å². The van der Waals surface area contributed by atoms with Gasteiger partial charge in [-0.3, -0.25) is 14.9 Å². The molecule has 5 rings (SSSR count). The lowest BCUT2D eigenvalue weighted by Crippen LogP contribution is -2.48. The van der Waals surface area contributed by atoms with Crippen LogP contribution in [0.5, 0.6) is 0 Å². The number of nitrogens with one attached hydrogen (secondary N) is 2. The van der Waals surface area contributed by atoms with Crippen molar-refractivity contribution >= 4 is 28.5 Å². The summed E-state index contributed by atoms with van der Waals surface area (Å²) in [5.41, 5.74) is 8.02. The van der Waals surface area contributed by atoms with Crippen LogP contribution in [0.1, 0.15) is 102 Å². The van der Waals surface area contributed by atoms with Crippen LogP contribution < -0.4 is 16.4 Å². The van der Waals surface area contributed by atoms with E-state index < -0.39 is 0 Å². The lowest BCUT2D eigenvalue weighted by molar-refractivity contribution is -0.134. The Balaban J connectivity index is 0.000000461. The predicted octanol–water partition coefficient (Wildman–Crippen LogP) is 5.15. The van der Waals surface area contributed by atoms with Crippen molar-refractivity contribution in [3.63, 3.8) is 0 Å². The molecular weight excluding hydrogens is 500 g/mol. The predicted molar refractivity (Wildman–Crippen MR) is 162 cm³/mol. The van der Waals surface area contributed by atoms with Crippen molar-refractivity contribution in [3.8, 4) is 0 Å². The number of nitrogens with two attached hydrogens (primary N) is 1. The van der Waals surface area contributed by atoms with Gasteiger partial charge in [0, 0.05) is 24.0 Å². The van der Waals surface area contributed by atoms with E-state index in [2.05, 4.69) is 39.7 Å². The molecule has 1 unspecified atom stereocenters. The number of carbonyl (C=O) groups is 2. The number of fused-ring (bicyclic) bond motifs is 1. The minimum absolute atomic E-state index is 0.00712. The maximum atomic E-state index is 12.9. The fourth-order valence-corrected chi connectivity index (χ4v) is 6.49. The number of piperidine rings is 1. The van der Waals surface area contributed by atoms with Gasteiger partial charge in [-0.1, -0.05) is 57.9 Å². The molecule has 1 aromatic carbocycles. The standard InChI is InChI=1S/C25H36N6O2.C7H14/c26-25-21-12-11-18(14-22(21)28-17-29-25)6-5-10-20-9-3-4-13-31(20)24(33)16-27-15-23(32)30-19-7-1-2-8-19;1-7-5-3-2-4-6-7/h11-12,14,17,19-20,27H,1-10,13,15-16H2,(H,30,32)(H2,26,28,29);7H,2-6H2,1H3. The molecule has 3 aliphatic rings. The van der Waals surface area contributed by atoms with Crippen molar-refractivity contribution in [1.82, 2.24) is 25.5 Å². The molecule has 0 radical (unpaired) electrons. The third kappa shape index (κ3) is 9.43. The molecule has 2 saturated carbocycles. The Morgan fingerprint density at radius 2 is 1.70 bits per heavy atom. The maximum absolute atomic E-state index is 12.9. The van der Waals surface area contributed by atoms with Crippen molar-refractivity contribution < 1.29 is 9.59 Å². The fraction of sp³-hybridized carbons (Fsp3) is 0.688. The number of rotatable bonds is 9. The minimum atomic E-state index is -0.00712. The molecule has 1 aliphatic heterocycles. The van der Waals surface area contributed by atoms with E-state index in [4.69, 9.17) is 5.73 Å². The Bertz CT molecular complexity index is 1080. The van der Waals surface area contributed by atoms with Gasteiger partial charge < -0.3 is 16.0 Å². The van der Waals surface area contributed by atoms with Gasteiger partial charge in [0.25, 0.3) is 0 Å². The van der Waals surface area contributed by atoms with E-state index in [9.17, 15) is 9.59 Å². The molecule has 220 valence electrons. The SMILES string of the molecule is CC1CCCCC1.Nc1ncnc2cc(CCCC3CCCCN3C(=O)CNCC(=O)NC3CCCC3)ccc12. The van der Waals surface area contributed by atoms with Gasteiger partial charge in [-0.2, -0.15) is 0 Å². The average molecular weight is 551 g/mol. The zero-order valence-electron chi connectivity index (χ0n) is 24.5. The summed E-state index contributed by atoms with van der Waals surface area (Å²) >= 11 is 0. The third-order valence-corrected chi connectivity index (χ3v) is 8.86. The summed E-state index contributed by atoms with van der Waals surface area (Å²) < 4.78 is 0. The van der Waals surface area contributed by atoms with Crippen molar-refractivity contribution in [2.75, 3.05) is 25.4 Å². The van der Waals surface area contributed by atoms with Crippen molar-refractivity contribution in [2.24, 2.45) is 5.92 Å². The summed E-state index contributed by atoms with van der Waals surface area (Å²) in [6.07, 6.45) is 19.7. The molecule has 3 fully saturated rings. The van der Waals surface area contributed by atoms with Crippen LogP contribution in [0.3, 0.4) is 0 Å². The summed E-state index contributed by atoms with van der Waals surface area (Å²) in [5.74, 6) is 1.64. The number of benzene rings is 1. The first-order valence-corrected chi connectivity index (χ1v) is 15.8. The first-order chi connectivity index (χ1) is 19.5. The average Bonchev–Trinajstić information content (AvgIpc) is 3.47. The molecule has 0 spiro atoms. The maximum Gasteiger partial charge on any atom is 0.236 e. The highest BCUT2D eigenvalue weighted by molar-refractivity contribution is 5.88. The van der Waals surface area contributed by atoms with Crippen LogP contribution in [0.4, 0.5) is 5.82 Å². The van der Waals surface area contributed by atoms with Gasteiger partial charge in [0.2, 0.25) is 11.8 Å². The van der Waals surface area contributed by atoms with Gasteiger partial charge in [0.1, 0.15) is 12.1 Å². The molecule has 0 bridgehead atoms. The van der Waals surface area contributed by atoms with Gasteiger partial charge in [0.05, 0.1) is 18.6 Å². The summed E-state index contributed by atoms with van der Waals surface area (Å²) in [4.78, 5) is 35.3. The number of amides is 2. The highest BCUT2D eigenvalue weighted by Gasteiger charge is 2.26. The Morgan fingerprint density at radius 1 is 0.950 bits per heavy atom. The third-order valence-electron chi connectivity index (χ3n) is 8.86. The Morgan fingerprint density at radius 3 is 2.45 bits per heavy atom. The second-order valence-electron chi connectivity index (χ2n) is 12.1. The first kappa shape index (κ1) is 30.2. The molecule has 2 amide bonds. The Kier molecular flexibility index (Phi) is 12.0. The van der Waals surface area contributed by atoms with E-state index in [1.807, 2.05) is 11.0 Å². The number of nitrogens with zero attached hydrogens (tertiary/aromatic N) is 3. The van der Waals surface area contributed by atoms with Crippen LogP contribution in [-0.2, 0) is 16.0 Å². The largest absolute Gasteiger partial charge is 0.383 e. The number of aryl methyl sites for hydroxylation is 1. The van der Waals surface area contributed by atoms with Gasteiger partial charge >= 0.3 is 0 Å². The van der Waals surface area contributed by atoms with Crippen molar-refractivity contribution in [2.45, 2.75) is 115 Å². The van der Waals surface area contributed by atoms with E-state index in [1.54, 1.807) is 0 Å². The molecule has 1 aromatic heterocycles. The van der Waals surface area contributed by atoms with Gasteiger partial charge in [-0.05, 0) is 75.0 Å². The topological polar surface area (TPSA) is 113 Å². The zero-order chi connectivity index (χ0) is 28.2. The summed E-state index contributed by atoms with van der Waals surface area (Å²) in [6, 6.07) is 6.75. The normalized spacial score (nSPS) is 20.2. The zero-order valence-corrected chi connectivity index (χ0v) is 24.5. The quantitative estimate of drug-likeness (QED) is 0.398. The fourth-order valence-electron chi connectivity index (χ4n) is 6.49. The highest BCUT2D eigenvalue weighted by Crippen LogP contribution is 2.24. The highest BCUT2D eigenvalue weighted by atomic mass is 16.2. The Hall–Kier alpha value is -2.74. The molecule has 1 saturated heterocycles. The van der Waals surface area contributed by atoms with Gasteiger partial charge in [0.15, 0.2) is 0 Å². The van der Waals surface area contributed by atoms with E-state index in [0.29, 0.717) is 11.9 Å². The van der Waals surface area contributed by atoms with Crippen LogP contribution in [0, 0.1) is 5.92 Å². The number of aromatic nitrogens is 2. The smallest absolute Gasteiger partial charge is 0.236 e. The van der Waals surface area contributed by atoms with E-state index >= 15 is 0 Å². The first-order valence-electron chi connectivity index (χ1n) is 15.8. The molecule has 8 nitrogen and oxygen atoms in total. The molecule has 2 aliphatic carbocycles. The second kappa shape index (κ2) is 15.9. The van der Waals surface area contributed by atoms with Crippen LogP contribution in [0.25, 0.3) is 10.9 Å². The van der Waals surface area contributed by atoms with E-state index in [0.717, 1.165) is 74.7 Å². The Labute approximate surface area is 240 Å². The van der Waals surface area contributed by atoms with Crippen molar-refractivity contribution in [1.29, 1.82) is 0 Å². The molecule has 2 aromatic rings. The number of carbonyl (C=O) groups excluding carboxylic acids is 2. The summed E-state index contributed by atoms with van der Waals surface area (Å²) in [5, 5.41) is 7.00. The van der Waals surface area contributed by atoms with E-state index in [1.165, 1.54) is 56.8 Å². The molecule has 8 heteroatoms. The summed E-state index contributed by atoms with van der Waals surface area (Å²) in [6.45, 7) is 3.60.